The number of hydrogen-bond donors (Lipinski definition) is 1. The van der Waals surface area contributed by atoms with E-state index in [0.717, 1.165) is 13.1 Å². The Morgan fingerprint density at radius 2 is 1.88 bits per heavy atom. The molecule has 1 aliphatic heterocycles. The van der Waals surface area contributed by atoms with E-state index in [1.54, 1.807) is 49.4 Å². The molecule has 1 aliphatic rings. The second-order valence-electron chi connectivity index (χ2n) is 9.68. The summed E-state index contributed by atoms with van der Waals surface area (Å²) in [6, 6.07) is 4.93. The molecule has 14 nitrogen and oxygen atoms in total. The largest absolute Gasteiger partial charge is 0.491 e. The number of aryl methyl sites for hydroxylation is 1. The third kappa shape index (κ3) is 5.04. The van der Waals surface area contributed by atoms with E-state index in [1.165, 1.54) is 15.1 Å². The smallest absolute Gasteiger partial charge is 0.330 e. The van der Waals surface area contributed by atoms with Gasteiger partial charge >= 0.3 is 5.69 Å². The first kappa shape index (κ1) is 26.6. The lowest BCUT2D eigenvalue weighted by atomic mass is 10.2. The second-order valence-corrected chi connectivity index (χ2v) is 9.68. The van der Waals surface area contributed by atoms with E-state index in [2.05, 4.69) is 29.9 Å². The van der Waals surface area contributed by atoms with Crippen molar-refractivity contribution < 1.29 is 13.9 Å². The minimum Gasteiger partial charge on any atom is -0.491 e. The molecule has 1 aromatic carbocycles. The van der Waals surface area contributed by atoms with Gasteiger partial charge in [-0.3, -0.25) is 19.0 Å². The van der Waals surface area contributed by atoms with E-state index in [-0.39, 0.29) is 17.5 Å². The predicted molar refractivity (Wildman–Crippen MR) is 149 cm³/mol. The van der Waals surface area contributed by atoms with Crippen LogP contribution in [0.5, 0.6) is 5.75 Å². The predicted octanol–water partition coefficient (Wildman–Crippen LogP) is 0.803. The third-order valence-electron chi connectivity index (χ3n) is 7.20. The van der Waals surface area contributed by atoms with Gasteiger partial charge in [0.05, 0.1) is 18.5 Å². The maximum Gasteiger partial charge on any atom is 0.330 e. The Bertz CT molecular complexity index is 1740. The highest BCUT2D eigenvalue weighted by Gasteiger charge is 2.23. The molecule has 15 heteroatoms. The summed E-state index contributed by atoms with van der Waals surface area (Å²) in [7, 11) is 3.27. The molecular formula is C26H30FN11O3. The first-order valence-electron chi connectivity index (χ1n) is 13.2. The molecule has 0 aliphatic carbocycles. The molecule has 41 heavy (non-hydrogen) atoms. The zero-order valence-electron chi connectivity index (χ0n) is 22.8. The Morgan fingerprint density at radius 3 is 2.61 bits per heavy atom. The zero-order valence-corrected chi connectivity index (χ0v) is 22.8. The Balaban J connectivity index is 1.16. The van der Waals surface area contributed by atoms with Gasteiger partial charge in [-0.1, -0.05) is 0 Å². The minimum atomic E-state index is -0.318. The molecule has 1 saturated heterocycles. The number of rotatable bonds is 9. The number of nitrogens with zero attached hydrogens (tertiary/aromatic N) is 10. The van der Waals surface area contributed by atoms with Gasteiger partial charge in [0, 0.05) is 71.9 Å². The highest BCUT2D eigenvalue weighted by molar-refractivity contribution is 5.88. The molecule has 5 aromatic rings. The van der Waals surface area contributed by atoms with Crippen molar-refractivity contribution in [3.05, 3.63) is 53.1 Å². The van der Waals surface area contributed by atoms with Crippen LogP contribution in [0.2, 0.25) is 0 Å². The number of nitrogen functional groups attached to an aromatic ring is 1. The molecule has 0 radical (unpaired) electrons. The van der Waals surface area contributed by atoms with Gasteiger partial charge in [0.1, 0.15) is 29.4 Å². The number of methoxy groups -OCH3 is 1. The van der Waals surface area contributed by atoms with Gasteiger partial charge < -0.3 is 20.1 Å². The van der Waals surface area contributed by atoms with Gasteiger partial charge in [-0.2, -0.15) is 9.50 Å². The van der Waals surface area contributed by atoms with Crippen molar-refractivity contribution in [1.82, 2.24) is 43.6 Å². The van der Waals surface area contributed by atoms with Crippen LogP contribution in [-0.2, 0) is 18.3 Å². The van der Waals surface area contributed by atoms with E-state index in [9.17, 15) is 9.18 Å². The van der Waals surface area contributed by atoms with Crippen LogP contribution in [0.15, 0.2) is 41.6 Å². The van der Waals surface area contributed by atoms with E-state index in [1.807, 2.05) is 4.90 Å². The first-order valence-corrected chi connectivity index (χ1v) is 13.2. The summed E-state index contributed by atoms with van der Waals surface area (Å²) < 4.78 is 29.8. The van der Waals surface area contributed by atoms with Crippen molar-refractivity contribution in [2.75, 3.05) is 63.7 Å². The summed E-state index contributed by atoms with van der Waals surface area (Å²) in [5.41, 5.74) is 8.42. The van der Waals surface area contributed by atoms with Crippen LogP contribution in [0.4, 0.5) is 16.0 Å². The number of hydrogen-bond acceptors (Lipinski definition) is 11. The normalized spacial score (nSPS) is 14.4. The SMILES string of the molecule is COCCOc1ccc(N2CCN(CCn3c(=O)n(C)c4c3nc(N)n3nc(-c5cnccn5)nc43)CC2)c(F)c1. The summed E-state index contributed by atoms with van der Waals surface area (Å²) in [4.78, 5) is 35.0. The molecular weight excluding hydrogens is 533 g/mol. The summed E-state index contributed by atoms with van der Waals surface area (Å²) >= 11 is 0. The molecule has 0 amide bonds. The topological polar surface area (TPSA) is 147 Å². The third-order valence-corrected chi connectivity index (χ3v) is 7.20. The standard InChI is InChI=1S/C26H30FN11O3/c1-34-21-23(32-25(28)38-24(21)31-22(33-38)19-16-29-5-6-30-19)37(26(34)39)12-9-35-7-10-36(11-8-35)20-4-3-17(15-18(20)27)41-14-13-40-2/h3-6,15-16H,7-14H2,1-2H3,(H2,28,32). The van der Waals surface area contributed by atoms with Crippen molar-refractivity contribution in [1.29, 1.82) is 0 Å². The molecule has 0 unspecified atom stereocenters. The van der Waals surface area contributed by atoms with Crippen LogP contribution < -0.4 is 21.1 Å². The summed E-state index contributed by atoms with van der Waals surface area (Å²) in [5, 5.41) is 4.43. The molecule has 0 atom stereocenters. The monoisotopic (exact) mass is 563 g/mol. The quantitative estimate of drug-likeness (QED) is 0.254. The molecule has 6 rings (SSSR count). The van der Waals surface area contributed by atoms with Crippen LogP contribution in [-0.4, -0.2) is 96.6 Å². The van der Waals surface area contributed by atoms with E-state index in [0.29, 0.717) is 79.2 Å². The maximum absolute atomic E-state index is 14.8. The van der Waals surface area contributed by atoms with Crippen molar-refractivity contribution in [3.8, 4) is 17.3 Å². The molecule has 2 N–H and O–H groups in total. The fourth-order valence-electron chi connectivity index (χ4n) is 5.04. The Labute approximate surface area is 233 Å². The van der Waals surface area contributed by atoms with Gasteiger partial charge in [-0.15, -0.1) is 5.10 Å². The highest BCUT2D eigenvalue weighted by atomic mass is 19.1. The number of halogens is 1. The van der Waals surface area contributed by atoms with Crippen LogP contribution in [0.1, 0.15) is 0 Å². The zero-order chi connectivity index (χ0) is 28.5. The number of imidazole rings is 1. The van der Waals surface area contributed by atoms with Gasteiger partial charge in [0.15, 0.2) is 11.3 Å². The molecule has 0 bridgehead atoms. The summed E-state index contributed by atoms with van der Waals surface area (Å²) in [6.45, 7) is 4.58. The fraction of sp³-hybridized carbons (Fsp3) is 0.385. The van der Waals surface area contributed by atoms with E-state index >= 15 is 0 Å². The lowest BCUT2D eigenvalue weighted by Crippen LogP contribution is -2.47. The van der Waals surface area contributed by atoms with Crippen molar-refractivity contribution in [2.24, 2.45) is 7.05 Å². The van der Waals surface area contributed by atoms with Crippen molar-refractivity contribution in [2.45, 2.75) is 6.54 Å². The molecule has 5 heterocycles. The maximum atomic E-state index is 14.8. The van der Waals surface area contributed by atoms with E-state index in [4.69, 9.17) is 15.2 Å². The number of anilines is 2. The Hall–Kier alpha value is -4.63. The minimum absolute atomic E-state index is 0.111. The molecule has 4 aromatic heterocycles. The van der Waals surface area contributed by atoms with Gasteiger partial charge in [0.25, 0.3) is 0 Å². The van der Waals surface area contributed by atoms with Crippen LogP contribution >= 0.6 is 0 Å². The lowest BCUT2D eigenvalue weighted by Gasteiger charge is -2.36. The van der Waals surface area contributed by atoms with Crippen LogP contribution in [0.25, 0.3) is 28.3 Å². The number of aromatic nitrogens is 8. The van der Waals surface area contributed by atoms with Crippen molar-refractivity contribution in [3.63, 3.8) is 0 Å². The Kier molecular flexibility index (Phi) is 7.19. The molecule has 0 saturated carbocycles. The highest BCUT2D eigenvalue weighted by Crippen LogP contribution is 2.26. The molecule has 214 valence electrons. The number of benzene rings is 1. The Morgan fingerprint density at radius 1 is 1.05 bits per heavy atom. The number of nitrogens with two attached hydrogens (primary N) is 1. The fourth-order valence-corrected chi connectivity index (χ4v) is 5.04. The van der Waals surface area contributed by atoms with Gasteiger partial charge in [-0.05, 0) is 12.1 Å². The van der Waals surface area contributed by atoms with Crippen LogP contribution in [0, 0.1) is 5.82 Å². The summed E-state index contributed by atoms with van der Waals surface area (Å²) in [6.07, 6.45) is 4.67. The van der Waals surface area contributed by atoms with Gasteiger partial charge in [-0.25, -0.2) is 19.2 Å². The summed E-state index contributed by atoms with van der Waals surface area (Å²) in [5.74, 6) is 0.605. The first-order chi connectivity index (χ1) is 19.9. The van der Waals surface area contributed by atoms with E-state index < -0.39 is 0 Å². The molecule has 1 fully saturated rings. The number of fused-ring (bicyclic) bond motifs is 3. The second kappa shape index (κ2) is 11.1. The molecule has 0 spiro atoms. The average molecular weight is 564 g/mol. The van der Waals surface area contributed by atoms with Crippen LogP contribution in [0.3, 0.4) is 0 Å². The van der Waals surface area contributed by atoms with Gasteiger partial charge in [0.2, 0.25) is 11.8 Å². The van der Waals surface area contributed by atoms with Crippen molar-refractivity contribution >= 4 is 28.4 Å². The lowest BCUT2D eigenvalue weighted by molar-refractivity contribution is 0.146. The average Bonchev–Trinajstić information content (AvgIpc) is 3.53. The number of ether oxygens (including phenoxy) is 2. The number of piperazine rings is 1.